The fourth-order valence-electron chi connectivity index (χ4n) is 2.33. The van der Waals surface area contributed by atoms with E-state index in [0.717, 1.165) is 6.07 Å². The van der Waals surface area contributed by atoms with Gasteiger partial charge in [-0.15, -0.1) is 0 Å². The van der Waals surface area contributed by atoms with E-state index in [1.807, 2.05) is 0 Å². The maximum absolute atomic E-state index is 14.3. The Morgan fingerprint density at radius 2 is 2.14 bits per heavy atom. The van der Waals surface area contributed by atoms with Crippen LogP contribution >= 0.6 is 11.6 Å². The molecular formula is C13H17ClFNO4S. The Morgan fingerprint density at radius 3 is 2.71 bits per heavy atom. The van der Waals surface area contributed by atoms with Gasteiger partial charge in [-0.1, -0.05) is 11.6 Å². The Kier molecular flexibility index (Phi) is 4.60. The second kappa shape index (κ2) is 5.81. The van der Waals surface area contributed by atoms with E-state index in [0.29, 0.717) is 0 Å². The van der Waals surface area contributed by atoms with Crippen LogP contribution in [0.1, 0.15) is 19.4 Å². The first-order valence-corrected chi connectivity index (χ1v) is 8.21. The number of benzene rings is 1. The molecule has 0 spiro atoms. The van der Waals surface area contributed by atoms with Gasteiger partial charge in [-0.05, 0) is 26.0 Å². The van der Waals surface area contributed by atoms with Crippen molar-refractivity contribution in [3.05, 3.63) is 28.5 Å². The smallest absolute Gasteiger partial charge is 0.246 e. The second-order valence-electron chi connectivity index (χ2n) is 5.48. The molecule has 0 aromatic heterocycles. The quantitative estimate of drug-likeness (QED) is 0.913. The molecule has 1 aromatic carbocycles. The van der Waals surface area contributed by atoms with Crippen molar-refractivity contribution >= 4 is 21.6 Å². The summed E-state index contributed by atoms with van der Waals surface area (Å²) in [7, 11) is -4.07. The van der Waals surface area contributed by atoms with E-state index in [4.69, 9.17) is 21.4 Å². The van der Waals surface area contributed by atoms with E-state index in [9.17, 15) is 12.8 Å². The lowest BCUT2D eigenvalue weighted by atomic mass is 10.1. The molecule has 0 unspecified atom stereocenters. The normalized spacial score (nSPS) is 19.7. The highest BCUT2D eigenvalue weighted by Crippen LogP contribution is 2.31. The van der Waals surface area contributed by atoms with Crippen LogP contribution in [0.3, 0.4) is 0 Å². The fourth-order valence-corrected chi connectivity index (χ4v) is 4.52. The third-order valence-corrected chi connectivity index (χ3v) is 5.72. The number of rotatable bonds is 3. The molecule has 1 N–H and O–H groups in total. The number of hydrogen-bond donors (Lipinski definition) is 1. The summed E-state index contributed by atoms with van der Waals surface area (Å²) in [4.78, 5) is -0.519. The summed E-state index contributed by atoms with van der Waals surface area (Å²) in [5, 5.41) is 9.18. The molecule has 118 valence electrons. The van der Waals surface area contributed by atoms with Crippen molar-refractivity contribution in [3.63, 3.8) is 0 Å². The van der Waals surface area contributed by atoms with E-state index >= 15 is 0 Å². The van der Waals surface area contributed by atoms with Gasteiger partial charge in [0.15, 0.2) is 0 Å². The second-order valence-corrected chi connectivity index (χ2v) is 7.74. The largest absolute Gasteiger partial charge is 0.392 e. The lowest BCUT2D eigenvalue weighted by Gasteiger charge is -2.40. The number of halogens is 2. The molecule has 1 saturated heterocycles. The van der Waals surface area contributed by atoms with Crippen LogP contribution in [0.25, 0.3) is 0 Å². The molecular weight excluding hydrogens is 321 g/mol. The van der Waals surface area contributed by atoms with Crippen LogP contribution in [0.2, 0.25) is 5.02 Å². The fraction of sp³-hybridized carbons (Fsp3) is 0.538. The zero-order valence-electron chi connectivity index (χ0n) is 11.8. The number of hydrogen-bond acceptors (Lipinski definition) is 4. The maximum atomic E-state index is 14.3. The highest BCUT2D eigenvalue weighted by atomic mass is 35.5. The maximum Gasteiger partial charge on any atom is 0.246 e. The number of ether oxygens (including phenoxy) is 1. The summed E-state index contributed by atoms with van der Waals surface area (Å²) in [6, 6.07) is 2.28. The van der Waals surface area contributed by atoms with Crippen molar-refractivity contribution in [2.45, 2.75) is 30.9 Å². The van der Waals surface area contributed by atoms with Gasteiger partial charge in [-0.25, -0.2) is 12.8 Å². The number of nitrogens with zero attached hydrogens (tertiary/aromatic N) is 1. The van der Waals surface area contributed by atoms with Gasteiger partial charge in [0.25, 0.3) is 0 Å². The summed E-state index contributed by atoms with van der Waals surface area (Å²) >= 11 is 5.83. The summed E-state index contributed by atoms with van der Waals surface area (Å²) in [5.74, 6) is -0.968. The predicted molar refractivity (Wildman–Crippen MR) is 76.1 cm³/mol. The van der Waals surface area contributed by atoms with Crippen molar-refractivity contribution in [1.29, 1.82) is 0 Å². The van der Waals surface area contributed by atoms with Gasteiger partial charge in [0.2, 0.25) is 10.0 Å². The number of aliphatic hydroxyl groups is 1. The summed E-state index contributed by atoms with van der Waals surface area (Å²) in [5.41, 5.74) is -0.933. The first kappa shape index (κ1) is 16.6. The Balaban J connectivity index is 2.56. The topological polar surface area (TPSA) is 66.8 Å². The molecule has 1 aliphatic rings. The van der Waals surface area contributed by atoms with Crippen molar-refractivity contribution in [3.8, 4) is 0 Å². The number of sulfonamides is 1. The molecule has 8 heteroatoms. The zero-order chi connectivity index (χ0) is 15.8. The van der Waals surface area contributed by atoms with Crippen LogP contribution in [-0.2, 0) is 21.4 Å². The van der Waals surface area contributed by atoms with Gasteiger partial charge >= 0.3 is 0 Å². The molecule has 1 fully saturated rings. The van der Waals surface area contributed by atoms with E-state index in [-0.39, 0.29) is 30.3 Å². The van der Waals surface area contributed by atoms with Gasteiger partial charge < -0.3 is 9.84 Å². The average Bonchev–Trinajstić information content (AvgIpc) is 2.40. The van der Waals surface area contributed by atoms with Gasteiger partial charge in [0, 0.05) is 17.1 Å². The molecule has 21 heavy (non-hydrogen) atoms. The lowest BCUT2D eigenvalue weighted by molar-refractivity contribution is -0.00780. The number of aliphatic hydroxyl groups excluding tert-OH is 1. The molecule has 0 aliphatic carbocycles. The van der Waals surface area contributed by atoms with Crippen LogP contribution < -0.4 is 0 Å². The Morgan fingerprint density at radius 1 is 1.48 bits per heavy atom. The van der Waals surface area contributed by atoms with Crippen molar-refractivity contribution < 1.29 is 22.7 Å². The first-order valence-electron chi connectivity index (χ1n) is 6.39. The van der Waals surface area contributed by atoms with Crippen LogP contribution in [0.15, 0.2) is 17.0 Å². The molecule has 1 heterocycles. The first-order chi connectivity index (χ1) is 9.70. The van der Waals surface area contributed by atoms with E-state index in [1.54, 1.807) is 13.8 Å². The standard InChI is InChI=1S/C13H17ClFNO4S/c1-13(2)8-20-4-3-16(13)21(18,19)11-6-10(14)5-9(7-17)12(11)15/h5-6,17H,3-4,7-8H2,1-2H3. The molecule has 2 rings (SSSR count). The van der Waals surface area contributed by atoms with Crippen molar-refractivity contribution in [2.24, 2.45) is 0 Å². The molecule has 0 bridgehead atoms. The van der Waals surface area contributed by atoms with E-state index in [2.05, 4.69) is 0 Å². The summed E-state index contributed by atoms with van der Waals surface area (Å²) in [6.45, 7) is 3.40. The molecule has 5 nitrogen and oxygen atoms in total. The van der Waals surface area contributed by atoms with Crippen LogP contribution in [0.4, 0.5) is 4.39 Å². The molecule has 0 radical (unpaired) electrons. The summed E-state index contributed by atoms with van der Waals surface area (Å²) < 4.78 is 46.3. The van der Waals surface area contributed by atoms with Crippen LogP contribution in [-0.4, -0.2) is 43.1 Å². The van der Waals surface area contributed by atoms with Crippen molar-refractivity contribution in [1.82, 2.24) is 4.31 Å². The molecule has 0 atom stereocenters. The average molecular weight is 338 g/mol. The van der Waals surface area contributed by atoms with Crippen LogP contribution in [0, 0.1) is 5.82 Å². The number of morpholine rings is 1. The minimum absolute atomic E-state index is 0.0603. The third kappa shape index (κ3) is 3.07. The Labute approximate surface area is 128 Å². The zero-order valence-corrected chi connectivity index (χ0v) is 13.3. The van der Waals surface area contributed by atoms with Gasteiger partial charge in [-0.2, -0.15) is 4.31 Å². The third-order valence-electron chi connectivity index (χ3n) is 3.39. The molecule has 1 aliphatic heterocycles. The lowest BCUT2D eigenvalue weighted by Crippen LogP contribution is -2.55. The summed E-state index contributed by atoms with van der Waals surface area (Å²) in [6.07, 6.45) is 0. The van der Waals surface area contributed by atoms with Crippen LogP contribution in [0.5, 0.6) is 0 Å². The predicted octanol–water partition coefficient (Wildman–Crippen LogP) is 1.77. The minimum atomic E-state index is -4.07. The van der Waals surface area contributed by atoms with E-state index < -0.39 is 32.9 Å². The van der Waals surface area contributed by atoms with Gasteiger partial charge in [0.05, 0.1) is 25.4 Å². The molecule has 0 saturated carbocycles. The van der Waals surface area contributed by atoms with Crippen molar-refractivity contribution in [2.75, 3.05) is 19.8 Å². The molecule has 0 amide bonds. The minimum Gasteiger partial charge on any atom is -0.392 e. The van der Waals surface area contributed by atoms with E-state index in [1.165, 1.54) is 10.4 Å². The van der Waals surface area contributed by atoms with Gasteiger partial charge in [0.1, 0.15) is 10.7 Å². The highest BCUT2D eigenvalue weighted by Gasteiger charge is 2.41. The van der Waals surface area contributed by atoms with Gasteiger partial charge in [-0.3, -0.25) is 0 Å². The highest BCUT2D eigenvalue weighted by molar-refractivity contribution is 7.89. The monoisotopic (exact) mass is 337 g/mol. The molecule has 1 aromatic rings. The Bertz CT molecular complexity index is 648. The SMILES string of the molecule is CC1(C)COCCN1S(=O)(=O)c1cc(Cl)cc(CO)c1F. The Hall–Kier alpha value is -0.730.